The first kappa shape index (κ1) is 22.2. The number of hydrogen-bond donors (Lipinski definition) is 0. The van der Waals surface area contributed by atoms with E-state index >= 15 is 0 Å². The van der Waals surface area contributed by atoms with E-state index in [-0.39, 0.29) is 27.7 Å². The van der Waals surface area contributed by atoms with E-state index in [1.54, 1.807) is 24.3 Å². The molecule has 0 saturated heterocycles. The summed E-state index contributed by atoms with van der Waals surface area (Å²) in [5.74, 6) is -0.566. The van der Waals surface area contributed by atoms with Crippen molar-refractivity contribution in [3.05, 3.63) is 105 Å². The van der Waals surface area contributed by atoms with Crippen molar-refractivity contribution < 1.29 is 17.5 Å². The summed E-state index contributed by atoms with van der Waals surface area (Å²) in [5.41, 5.74) is -0.690. The highest BCUT2D eigenvalue weighted by Crippen LogP contribution is 2.27. The fraction of sp³-hybridized carbons (Fsp3) is 0. The number of halogens is 2. The van der Waals surface area contributed by atoms with Crippen molar-refractivity contribution in [1.82, 2.24) is 9.38 Å². The largest absolute Gasteiger partial charge is 0.438 e. The number of hydrogen-bond acceptors (Lipinski definition) is 6. The molecular weight excluding hydrogens is 469 g/mol. The van der Waals surface area contributed by atoms with Gasteiger partial charge in [-0.25, -0.2) is 12.8 Å². The molecule has 0 atom stereocenters. The summed E-state index contributed by atoms with van der Waals surface area (Å²) in [4.78, 5) is 16.6. The van der Waals surface area contributed by atoms with Crippen molar-refractivity contribution in [3.8, 4) is 17.7 Å². The molecule has 2 heterocycles. The third kappa shape index (κ3) is 4.48. The van der Waals surface area contributed by atoms with Gasteiger partial charge in [0.25, 0.3) is 5.56 Å². The van der Waals surface area contributed by atoms with Crippen LogP contribution < -0.4 is 10.3 Å². The molecule has 4 rings (SSSR count). The van der Waals surface area contributed by atoms with Crippen LogP contribution in [0.2, 0.25) is 5.02 Å². The number of aromatic nitrogens is 2. The Morgan fingerprint density at radius 2 is 1.79 bits per heavy atom. The summed E-state index contributed by atoms with van der Waals surface area (Å²) in [6.45, 7) is 0. The maximum atomic E-state index is 13.3. The summed E-state index contributed by atoms with van der Waals surface area (Å²) >= 11 is 5.82. The Bertz CT molecular complexity index is 1590. The van der Waals surface area contributed by atoms with Crippen molar-refractivity contribution in [2.45, 2.75) is 4.90 Å². The van der Waals surface area contributed by atoms with Gasteiger partial charge in [-0.15, -0.1) is 0 Å². The van der Waals surface area contributed by atoms with Gasteiger partial charge >= 0.3 is 0 Å². The van der Waals surface area contributed by atoms with Crippen molar-refractivity contribution >= 4 is 33.2 Å². The zero-order valence-corrected chi connectivity index (χ0v) is 18.2. The summed E-state index contributed by atoms with van der Waals surface area (Å²) in [5, 5.41) is 9.94. The number of nitrogens with zero attached hydrogens (tertiary/aromatic N) is 3. The maximum absolute atomic E-state index is 13.3. The lowest BCUT2D eigenvalue weighted by atomic mass is 10.2. The van der Waals surface area contributed by atoms with Gasteiger partial charge in [0.05, 0.1) is 4.90 Å². The van der Waals surface area contributed by atoms with E-state index in [2.05, 4.69) is 4.98 Å². The first-order valence-corrected chi connectivity index (χ1v) is 11.2. The average molecular weight is 482 g/mol. The number of ether oxygens (including phenoxy) is 1. The number of allylic oxidation sites excluding steroid dienone is 1. The first-order chi connectivity index (χ1) is 15.8. The van der Waals surface area contributed by atoms with Crippen LogP contribution in [-0.4, -0.2) is 17.8 Å². The molecule has 10 heteroatoms. The molecule has 0 saturated carbocycles. The van der Waals surface area contributed by atoms with Crippen LogP contribution in [0.3, 0.4) is 0 Å². The molecule has 2 aromatic heterocycles. The van der Waals surface area contributed by atoms with Gasteiger partial charge in [0, 0.05) is 11.2 Å². The highest BCUT2D eigenvalue weighted by molar-refractivity contribution is 7.95. The Morgan fingerprint density at radius 3 is 2.45 bits per heavy atom. The predicted molar refractivity (Wildman–Crippen MR) is 120 cm³/mol. The number of sulfone groups is 1. The minimum atomic E-state index is -4.27. The molecule has 0 N–H and O–H groups in total. The average Bonchev–Trinajstić information content (AvgIpc) is 2.80. The van der Waals surface area contributed by atoms with E-state index in [1.165, 1.54) is 47.0 Å². The van der Waals surface area contributed by atoms with E-state index in [1.807, 2.05) is 0 Å². The lowest BCUT2D eigenvalue weighted by molar-refractivity contribution is 0.459. The highest BCUT2D eigenvalue weighted by atomic mass is 35.5. The van der Waals surface area contributed by atoms with Gasteiger partial charge in [0.15, 0.2) is 0 Å². The van der Waals surface area contributed by atoms with E-state index in [9.17, 15) is 22.9 Å². The lowest BCUT2D eigenvalue weighted by Gasteiger charge is -2.10. The van der Waals surface area contributed by atoms with Crippen LogP contribution in [-0.2, 0) is 9.84 Å². The van der Waals surface area contributed by atoms with Crippen molar-refractivity contribution in [2.75, 3.05) is 0 Å². The summed E-state index contributed by atoms with van der Waals surface area (Å²) < 4.78 is 46.2. The second-order valence-electron chi connectivity index (χ2n) is 6.70. The topological polar surface area (TPSA) is 102 Å². The van der Waals surface area contributed by atoms with Gasteiger partial charge in [0.2, 0.25) is 15.7 Å². The molecule has 0 aliphatic carbocycles. The first-order valence-electron chi connectivity index (χ1n) is 9.37. The van der Waals surface area contributed by atoms with Crippen molar-refractivity contribution in [1.29, 1.82) is 5.26 Å². The Balaban J connectivity index is 1.92. The quantitative estimate of drug-likeness (QED) is 0.385. The van der Waals surface area contributed by atoms with Gasteiger partial charge in [-0.1, -0.05) is 17.7 Å². The molecule has 164 valence electrons. The fourth-order valence-corrected chi connectivity index (χ4v) is 4.21. The maximum Gasteiger partial charge on any atom is 0.269 e. The monoisotopic (exact) mass is 481 g/mol. The van der Waals surface area contributed by atoms with E-state index in [4.69, 9.17) is 16.3 Å². The van der Waals surface area contributed by atoms with Gasteiger partial charge in [0.1, 0.15) is 33.8 Å². The van der Waals surface area contributed by atoms with Crippen LogP contribution >= 0.6 is 11.6 Å². The highest BCUT2D eigenvalue weighted by Gasteiger charge is 2.23. The molecule has 2 aromatic carbocycles. The molecular formula is C23H13ClFN3O4S. The molecule has 0 radical (unpaired) electrons. The zero-order chi connectivity index (χ0) is 23.6. The molecule has 0 spiro atoms. The van der Waals surface area contributed by atoms with E-state index in [0.717, 1.165) is 18.2 Å². The third-order valence-electron chi connectivity index (χ3n) is 4.56. The number of nitriles is 1. The van der Waals surface area contributed by atoms with Gasteiger partial charge in [-0.2, -0.15) is 10.2 Å². The van der Waals surface area contributed by atoms with Crippen LogP contribution in [0.1, 0.15) is 5.56 Å². The molecule has 7 nitrogen and oxygen atoms in total. The van der Waals surface area contributed by atoms with Crippen molar-refractivity contribution in [3.63, 3.8) is 0 Å². The minimum absolute atomic E-state index is 0.164. The second kappa shape index (κ2) is 8.86. The summed E-state index contributed by atoms with van der Waals surface area (Å²) in [6, 6.07) is 16.7. The molecule has 4 aromatic rings. The van der Waals surface area contributed by atoms with Crippen LogP contribution in [0.25, 0.3) is 11.7 Å². The molecule has 33 heavy (non-hydrogen) atoms. The smallest absolute Gasteiger partial charge is 0.269 e. The molecule has 0 aliphatic rings. The second-order valence-corrected chi connectivity index (χ2v) is 9.05. The van der Waals surface area contributed by atoms with Gasteiger partial charge < -0.3 is 4.74 Å². The van der Waals surface area contributed by atoms with Crippen LogP contribution in [0, 0.1) is 17.1 Å². The number of pyridine rings is 1. The Hall–Kier alpha value is -4.00. The number of fused-ring (bicyclic) bond motifs is 1. The van der Waals surface area contributed by atoms with E-state index in [0.29, 0.717) is 5.02 Å². The zero-order valence-electron chi connectivity index (χ0n) is 16.6. The molecule has 0 amide bonds. The van der Waals surface area contributed by atoms with Crippen LogP contribution in [0.4, 0.5) is 4.39 Å². The van der Waals surface area contributed by atoms with Crippen LogP contribution in [0.15, 0.2) is 87.5 Å². The van der Waals surface area contributed by atoms with Gasteiger partial charge in [-0.05, 0) is 66.7 Å². The molecule has 0 bridgehead atoms. The number of benzene rings is 2. The minimum Gasteiger partial charge on any atom is -0.438 e. The predicted octanol–water partition coefficient (Wildman–Crippen LogP) is 4.62. The SMILES string of the molecule is N#CC(=Cc1c(Oc2ccc(F)cc2)nc2ccccn2c1=O)S(=O)(=O)c1ccc(Cl)cc1. The van der Waals surface area contributed by atoms with Crippen LogP contribution in [0.5, 0.6) is 11.6 Å². The Morgan fingerprint density at radius 1 is 1.09 bits per heavy atom. The summed E-state index contributed by atoms with van der Waals surface area (Å²) in [6.07, 6.45) is 2.36. The summed E-state index contributed by atoms with van der Waals surface area (Å²) in [7, 11) is -4.27. The lowest BCUT2D eigenvalue weighted by Crippen LogP contribution is -2.19. The number of rotatable bonds is 5. The van der Waals surface area contributed by atoms with Gasteiger partial charge in [-0.3, -0.25) is 9.20 Å². The standard InChI is InChI=1S/C23H13ClFN3O4S/c24-15-4-10-18(11-5-15)33(30,31)19(14-26)13-20-22(32-17-8-6-16(25)7-9-17)27-21-3-1-2-12-28(21)23(20)29/h1-13H. The van der Waals surface area contributed by atoms with Crippen molar-refractivity contribution in [2.24, 2.45) is 0 Å². The fourth-order valence-electron chi connectivity index (χ4n) is 2.94. The molecule has 0 fully saturated rings. The third-order valence-corrected chi connectivity index (χ3v) is 6.49. The molecule has 0 unspecified atom stereocenters. The normalized spacial score (nSPS) is 11.8. The van der Waals surface area contributed by atoms with E-state index < -0.39 is 26.1 Å². The Kier molecular flexibility index (Phi) is 5.96. The molecule has 0 aliphatic heterocycles. The Labute approximate surface area is 192 Å².